The lowest BCUT2D eigenvalue weighted by molar-refractivity contribution is 1.41. The first-order valence-electron chi connectivity index (χ1n) is 6.06. The summed E-state index contributed by atoms with van der Waals surface area (Å²) in [6, 6.07) is 16.0. The minimum Gasteiger partial charge on any atom is -0.256 e. The van der Waals surface area contributed by atoms with E-state index in [-0.39, 0.29) is 0 Å². The maximum Gasteiger partial charge on any atom is 0.0723 e. The Morgan fingerprint density at radius 1 is 1.00 bits per heavy atom. The summed E-state index contributed by atoms with van der Waals surface area (Å²) >= 11 is 6.02. The Morgan fingerprint density at radius 2 is 1.84 bits per heavy atom. The molecule has 0 aliphatic carbocycles. The van der Waals surface area contributed by atoms with E-state index in [4.69, 9.17) is 11.6 Å². The molecular weight excluding hydrogens is 254 g/mol. The van der Waals surface area contributed by atoms with Crippen molar-refractivity contribution in [2.75, 3.05) is 0 Å². The lowest BCUT2D eigenvalue weighted by Gasteiger charge is -2.09. The molecule has 0 radical (unpaired) electrons. The Balaban J connectivity index is 2.34. The third kappa shape index (κ3) is 2.13. The van der Waals surface area contributed by atoms with E-state index in [9.17, 15) is 0 Å². The molecule has 0 saturated heterocycles. The van der Waals surface area contributed by atoms with Gasteiger partial charge >= 0.3 is 0 Å². The van der Waals surface area contributed by atoms with E-state index < -0.39 is 0 Å². The van der Waals surface area contributed by atoms with Crippen molar-refractivity contribution in [1.82, 2.24) is 4.98 Å². The van der Waals surface area contributed by atoms with Gasteiger partial charge in [-0.3, -0.25) is 4.98 Å². The van der Waals surface area contributed by atoms with Crippen LogP contribution in [-0.2, 0) is 0 Å². The standard InChI is InChI=1S/C17H12ClN/c1-2-12-5-3-4-6-14(12)15-9-10-19-17-11-13(18)7-8-16(15)17/h2-11H,1H2. The molecule has 0 aliphatic rings. The Hall–Kier alpha value is -2.12. The minimum absolute atomic E-state index is 0.703. The van der Waals surface area contributed by atoms with Gasteiger partial charge in [0.25, 0.3) is 0 Å². The van der Waals surface area contributed by atoms with E-state index in [1.165, 1.54) is 0 Å². The SMILES string of the molecule is C=Cc1ccccc1-c1ccnc2cc(Cl)ccc12. The number of pyridine rings is 1. The Morgan fingerprint density at radius 3 is 2.68 bits per heavy atom. The van der Waals surface area contributed by atoms with Crippen LogP contribution in [0.4, 0.5) is 0 Å². The van der Waals surface area contributed by atoms with Crippen molar-refractivity contribution in [2.45, 2.75) is 0 Å². The maximum atomic E-state index is 6.02. The highest BCUT2D eigenvalue weighted by atomic mass is 35.5. The van der Waals surface area contributed by atoms with Gasteiger partial charge in [0.2, 0.25) is 0 Å². The molecule has 0 atom stereocenters. The fourth-order valence-corrected chi connectivity index (χ4v) is 2.44. The van der Waals surface area contributed by atoms with Gasteiger partial charge in [-0.1, -0.05) is 54.6 Å². The largest absolute Gasteiger partial charge is 0.256 e. The highest BCUT2D eigenvalue weighted by Gasteiger charge is 2.07. The number of benzene rings is 2. The average Bonchev–Trinajstić information content (AvgIpc) is 2.46. The van der Waals surface area contributed by atoms with Gasteiger partial charge in [0.1, 0.15) is 0 Å². The van der Waals surface area contributed by atoms with Gasteiger partial charge in [-0.2, -0.15) is 0 Å². The highest BCUT2D eigenvalue weighted by molar-refractivity contribution is 6.31. The smallest absolute Gasteiger partial charge is 0.0723 e. The molecule has 2 heteroatoms. The number of fused-ring (bicyclic) bond motifs is 1. The van der Waals surface area contributed by atoms with Gasteiger partial charge in [-0.15, -0.1) is 0 Å². The Kier molecular flexibility index (Phi) is 3.06. The van der Waals surface area contributed by atoms with Gasteiger partial charge < -0.3 is 0 Å². The summed E-state index contributed by atoms with van der Waals surface area (Å²) in [6.07, 6.45) is 3.69. The first-order chi connectivity index (χ1) is 9.29. The molecule has 0 bridgehead atoms. The van der Waals surface area contributed by atoms with E-state index in [2.05, 4.69) is 23.7 Å². The molecule has 3 aromatic rings. The number of hydrogen-bond donors (Lipinski definition) is 0. The van der Waals surface area contributed by atoms with Gasteiger partial charge in [-0.25, -0.2) is 0 Å². The van der Waals surface area contributed by atoms with Crippen LogP contribution in [0.3, 0.4) is 0 Å². The van der Waals surface area contributed by atoms with Crippen LogP contribution >= 0.6 is 11.6 Å². The third-order valence-corrected chi connectivity index (χ3v) is 3.41. The maximum absolute atomic E-state index is 6.02. The summed E-state index contributed by atoms with van der Waals surface area (Å²) in [5.41, 5.74) is 4.33. The average molecular weight is 266 g/mol. The third-order valence-electron chi connectivity index (χ3n) is 3.18. The summed E-state index contributed by atoms with van der Waals surface area (Å²) in [6.45, 7) is 3.87. The zero-order chi connectivity index (χ0) is 13.2. The van der Waals surface area contributed by atoms with Crippen LogP contribution in [0, 0.1) is 0 Å². The molecule has 92 valence electrons. The second-order valence-electron chi connectivity index (χ2n) is 4.31. The number of aromatic nitrogens is 1. The first-order valence-corrected chi connectivity index (χ1v) is 6.43. The molecule has 0 unspecified atom stereocenters. The van der Waals surface area contributed by atoms with Crippen molar-refractivity contribution in [2.24, 2.45) is 0 Å². The van der Waals surface area contributed by atoms with E-state index in [0.29, 0.717) is 5.02 Å². The normalized spacial score (nSPS) is 10.6. The van der Waals surface area contributed by atoms with Gasteiger partial charge in [0, 0.05) is 16.6 Å². The van der Waals surface area contributed by atoms with E-state index in [1.54, 1.807) is 0 Å². The van der Waals surface area contributed by atoms with Crippen molar-refractivity contribution < 1.29 is 0 Å². The number of nitrogens with zero attached hydrogens (tertiary/aromatic N) is 1. The molecule has 0 aliphatic heterocycles. The highest BCUT2D eigenvalue weighted by Crippen LogP contribution is 2.31. The van der Waals surface area contributed by atoms with E-state index in [0.717, 1.165) is 27.6 Å². The van der Waals surface area contributed by atoms with Crippen LogP contribution in [0.25, 0.3) is 28.1 Å². The van der Waals surface area contributed by atoms with Gasteiger partial charge in [0.05, 0.1) is 5.52 Å². The van der Waals surface area contributed by atoms with Crippen LogP contribution in [-0.4, -0.2) is 4.98 Å². The summed E-state index contributed by atoms with van der Waals surface area (Å²) in [4.78, 5) is 4.37. The summed E-state index contributed by atoms with van der Waals surface area (Å²) in [5.74, 6) is 0. The quantitative estimate of drug-likeness (QED) is 0.621. The molecular formula is C17H12ClN. The van der Waals surface area contributed by atoms with Crippen molar-refractivity contribution in [3.63, 3.8) is 0 Å². The van der Waals surface area contributed by atoms with Crippen LogP contribution in [0.2, 0.25) is 5.02 Å². The van der Waals surface area contributed by atoms with E-state index in [1.807, 2.05) is 48.7 Å². The second kappa shape index (κ2) is 4.87. The van der Waals surface area contributed by atoms with Crippen LogP contribution < -0.4 is 0 Å². The molecule has 1 heterocycles. The van der Waals surface area contributed by atoms with Crippen molar-refractivity contribution in [3.05, 3.63) is 71.9 Å². The summed E-state index contributed by atoms with van der Waals surface area (Å²) < 4.78 is 0. The molecule has 19 heavy (non-hydrogen) atoms. The van der Waals surface area contributed by atoms with Crippen LogP contribution in [0.15, 0.2) is 61.3 Å². The van der Waals surface area contributed by atoms with Crippen LogP contribution in [0.1, 0.15) is 5.56 Å². The van der Waals surface area contributed by atoms with Crippen LogP contribution in [0.5, 0.6) is 0 Å². The van der Waals surface area contributed by atoms with Gasteiger partial charge in [0.15, 0.2) is 0 Å². The molecule has 0 N–H and O–H groups in total. The summed E-state index contributed by atoms with van der Waals surface area (Å²) in [5, 5.41) is 1.80. The number of halogens is 1. The molecule has 0 amide bonds. The summed E-state index contributed by atoms with van der Waals surface area (Å²) in [7, 11) is 0. The monoisotopic (exact) mass is 265 g/mol. The zero-order valence-electron chi connectivity index (χ0n) is 10.3. The Bertz CT molecular complexity index is 762. The molecule has 0 fully saturated rings. The molecule has 0 saturated carbocycles. The predicted molar refractivity (Wildman–Crippen MR) is 82.3 cm³/mol. The van der Waals surface area contributed by atoms with Crippen molar-refractivity contribution >= 4 is 28.6 Å². The number of rotatable bonds is 2. The molecule has 1 aromatic heterocycles. The van der Waals surface area contributed by atoms with Crippen molar-refractivity contribution in [1.29, 1.82) is 0 Å². The fourth-order valence-electron chi connectivity index (χ4n) is 2.28. The zero-order valence-corrected chi connectivity index (χ0v) is 11.1. The Labute approximate surface area is 117 Å². The molecule has 3 rings (SSSR count). The molecule has 0 spiro atoms. The molecule has 2 aromatic carbocycles. The van der Waals surface area contributed by atoms with Gasteiger partial charge in [-0.05, 0) is 34.9 Å². The van der Waals surface area contributed by atoms with E-state index >= 15 is 0 Å². The lowest BCUT2D eigenvalue weighted by Crippen LogP contribution is -1.87. The molecule has 1 nitrogen and oxygen atoms in total. The predicted octanol–water partition coefficient (Wildman–Crippen LogP) is 5.20. The topological polar surface area (TPSA) is 12.9 Å². The fraction of sp³-hybridized carbons (Fsp3) is 0. The minimum atomic E-state index is 0.703. The van der Waals surface area contributed by atoms with Crippen molar-refractivity contribution in [3.8, 4) is 11.1 Å². The lowest BCUT2D eigenvalue weighted by atomic mass is 9.97. The first kappa shape index (κ1) is 11.9. The number of hydrogen-bond acceptors (Lipinski definition) is 1. The second-order valence-corrected chi connectivity index (χ2v) is 4.75.